The molecule has 2 heteroatoms. The lowest BCUT2D eigenvalue weighted by Gasteiger charge is -2.32. The standard InChI is InChI=1S/C11H18N2/c1-3-13(4-2)11-8-6-5-7-10(11)9-12/h6,8,10-11H,3-5,7H2,1-2H3. The zero-order valence-corrected chi connectivity index (χ0v) is 8.53. The molecule has 0 heterocycles. The Balaban J connectivity index is 2.68. The Morgan fingerprint density at radius 2 is 2.15 bits per heavy atom. The van der Waals surface area contributed by atoms with Crippen molar-refractivity contribution in [3.63, 3.8) is 0 Å². The van der Waals surface area contributed by atoms with Gasteiger partial charge in [0.1, 0.15) is 0 Å². The highest BCUT2D eigenvalue weighted by molar-refractivity contribution is 5.08. The molecule has 0 radical (unpaired) electrons. The molecular formula is C11H18N2. The van der Waals surface area contributed by atoms with E-state index in [1.165, 1.54) is 0 Å². The number of nitriles is 1. The predicted molar refractivity (Wildman–Crippen MR) is 54.2 cm³/mol. The average Bonchev–Trinajstić information content (AvgIpc) is 2.20. The third kappa shape index (κ3) is 2.32. The van der Waals surface area contributed by atoms with Crippen molar-refractivity contribution in [2.75, 3.05) is 13.1 Å². The molecule has 0 saturated heterocycles. The average molecular weight is 178 g/mol. The summed E-state index contributed by atoms with van der Waals surface area (Å²) in [6, 6.07) is 2.77. The van der Waals surface area contributed by atoms with Gasteiger partial charge in [-0.25, -0.2) is 0 Å². The minimum atomic E-state index is 0.199. The minimum Gasteiger partial charge on any atom is -0.296 e. The summed E-state index contributed by atoms with van der Waals surface area (Å²) < 4.78 is 0. The lowest BCUT2D eigenvalue weighted by molar-refractivity contribution is 0.206. The van der Waals surface area contributed by atoms with Crippen molar-refractivity contribution in [1.29, 1.82) is 5.26 Å². The fraction of sp³-hybridized carbons (Fsp3) is 0.727. The van der Waals surface area contributed by atoms with Crippen LogP contribution in [0.15, 0.2) is 12.2 Å². The molecule has 1 rings (SSSR count). The van der Waals surface area contributed by atoms with E-state index in [4.69, 9.17) is 5.26 Å². The van der Waals surface area contributed by atoms with Gasteiger partial charge in [-0.2, -0.15) is 5.26 Å². The first-order valence-corrected chi connectivity index (χ1v) is 5.13. The quantitative estimate of drug-likeness (QED) is 0.619. The first-order chi connectivity index (χ1) is 6.33. The first-order valence-electron chi connectivity index (χ1n) is 5.13. The number of hydrogen-bond donors (Lipinski definition) is 0. The van der Waals surface area contributed by atoms with Crippen LogP contribution >= 0.6 is 0 Å². The normalized spacial score (nSPS) is 27.5. The third-order valence-electron chi connectivity index (χ3n) is 2.79. The SMILES string of the molecule is CCN(CC)C1C=CCCC1C#N. The monoisotopic (exact) mass is 178 g/mol. The zero-order valence-electron chi connectivity index (χ0n) is 8.53. The van der Waals surface area contributed by atoms with Crippen LogP contribution < -0.4 is 0 Å². The van der Waals surface area contributed by atoms with Crippen LogP contribution in [0.3, 0.4) is 0 Å². The predicted octanol–water partition coefficient (Wildman–Crippen LogP) is 2.19. The highest BCUT2D eigenvalue weighted by atomic mass is 15.1. The van der Waals surface area contributed by atoms with E-state index < -0.39 is 0 Å². The van der Waals surface area contributed by atoms with Gasteiger partial charge >= 0.3 is 0 Å². The van der Waals surface area contributed by atoms with Gasteiger partial charge in [0.25, 0.3) is 0 Å². The van der Waals surface area contributed by atoms with Crippen LogP contribution in [0.4, 0.5) is 0 Å². The molecule has 0 aromatic heterocycles. The third-order valence-corrected chi connectivity index (χ3v) is 2.79. The second-order valence-electron chi connectivity index (χ2n) is 3.45. The Labute approximate surface area is 80.8 Å². The van der Waals surface area contributed by atoms with Gasteiger partial charge in [-0.15, -0.1) is 0 Å². The molecule has 0 bridgehead atoms. The topological polar surface area (TPSA) is 27.0 Å². The Bertz CT molecular complexity index is 211. The van der Waals surface area contributed by atoms with E-state index in [9.17, 15) is 0 Å². The lowest BCUT2D eigenvalue weighted by atomic mass is 9.89. The van der Waals surface area contributed by atoms with Crippen LogP contribution in [0, 0.1) is 17.2 Å². The van der Waals surface area contributed by atoms with Crippen LogP contribution in [-0.4, -0.2) is 24.0 Å². The molecule has 0 amide bonds. The summed E-state index contributed by atoms with van der Waals surface area (Å²) in [5.41, 5.74) is 0. The Morgan fingerprint density at radius 1 is 1.46 bits per heavy atom. The largest absolute Gasteiger partial charge is 0.296 e. The first kappa shape index (κ1) is 10.3. The summed E-state index contributed by atoms with van der Waals surface area (Å²) >= 11 is 0. The zero-order chi connectivity index (χ0) is 9.68. The highest BCUT2D eigenvalue weighted by Crippen LogP contribution is 2.22. The van der Waals surface area contributed by atoms with Gasteiger partial charge in [0.15, 0.2) is 0 Å². The van der Waals surface area contributed by atoms with Crippen molar-refractivity contribution in [3.8, 4) is 6.07 Å². The fourth-order valence-corrected chi connectivity index (χ4v) is 1.98. The maximum Gasteiger partial charge on any atom is 0.0675 e. The molecular weight excluding hydrogens is 160 g/mol. The summed E-state index contributed by atoms with van der Waals surface area (Å²) in [5, 5.41) is 8.99. The second kappa shape index (κ2) is 5.04. The summed E-state index contributed by atoms with van der Waals surface area (Å²) in [4.78, 5) is 2.35. The van der Waals surface area contributed by atoms with Crippen molar-refractivity contribution in [2.45, 2.75) is 32.7 Å². The van der Waals surface area contributed by atoms with Crippen LogP contribution in [0.2, 0.25) is 0 Å². The van der Waals surface area contributed by atoms with Gasteiger partial charge in [-0.3, -0.25) is 4.90 Å². The molecule has 0 saturated carbocycles. The molecule has 72 valence electrons. The summed E-state index contributed by atoms with van der Waals surface area (Å²) in [5.74, 6) is 0.199. The van der Waals surface area contributed by atoms with Gasteiger partial charge in [-0.05, 0) is 25.9 Å². The van der Waals surface area contributed by atoms with Gasteiger partial charge in [0, 0.05) is 6.04 Å². The van der Waals surface area contributed by atoms with E-state index in [0.29, 0.717) is 6.04 Å². The fourth-order valence-electron chi connectivity index (χ4n) is 1.98. The van der Waals surface area contributed by atoms with Crippen LogP contribution in [0.25, 0.3) is 0 Å². The van der Waals surface area contributed by atoms with E-state index in [1.807, 2.05) is 0 Å². The molecule has 0 aliphatic heterocycles. The maximum atomic E-state index is 8.99. The van der Waals surface area contributed by atoms with E-state index in [1.54, 1.807) is 0 Å². The van der Waals surface area contributed by atoms with Crippen molar-refractivity contribution in [2.24, 2.45) is 5.92 Å². The van der Waals surface area contributed by atoms with Gasteiger partial charge < -0.3 is 0 Å². The molecule has 0 spiro atoms. The molecule has 2 nitrogen and oxygen atoms in total. The molecule has 0 N–H and O–H groups in total. The van der Waals surface area contributed by atoms with Crippen LogP contribution in [-0.2, 0) is 0 Å². The smallest absolute Gasteiger partial charge is 0.0675 e. The van der Waals surface area contributed by atoms with Gasteiger partial charge in [0.2, 0.25) is 0 Å². The molecule has 0 aromatic carbocycles. The molecule has 0 aromatic rings. The highest BCUT2D eigenvalue weighted by Gasteiger charge is 2.24. The van der Waals surface area contributed by atoms with E-state index in [2.05, 4.69) is 37.0 Å². The minimum absolute atomic E-state index is 0.199. The second-order valence-corrected chi connectivity index (χ2v) is 3.45. The molecule has 2 atom stereocenters. The Hall–Kier alpha value is -0.810. The molecule has 1 aliphatic rings. The van der Waals surface area contributed by atoms with Crippen LogP contribution in [0.5, 0.6) is 0 Å². The lowest BCUT2D eigenvalue weighted by Crippen LogP contribution is -2.39. The van der Waals surface area contributed by atoms with Crippen molar-refractivity contribution in [1.82, 2.24) is 4.90 Å². The molecule has 0 fully saturated rings. The molecule has 13 heavy (non-hydrogen) atoms. The number of allylic oxidation sites excluding steroid dienone is 1. The van der Waals surface area contributed by atoms with Gasteiger partial charge in [0.05, 0.1) is 12.0 Å². The number of likely N-dealkylation sites (N-methyl/N-ethyl adjacent to an activating group) is 1. The number of hydrogen-bond acceptors (Lipinski definition) is 2. The van der Waals surface area contributed by atoms with E-state index in [0.717, 1.165) is 25.9 Å². The van der Waals surface area contributed by atoms with Crippen molar-refractivity contribution < 1.29 is 0 Å². The number of rotatable bonds is 3. The van der Waals surface area contributed by atoms with E-state index >= 15 is 0 Å². The summed E-state index contributed by atoms with van der Waals surface area (Å²) in [6.07, 6.45) is 6.49. The number of nitrogens with zero attached hydrogens (tertiary/aromatic N) is 2. The van der Waals surface area contributed by atoms with Crippen molar-refractivity contribution in [3.05, 3.63) is 12.2 Å². The Kier molecular flexibility index (Phi) is 3.98. The van der Waals surface area contributed by atoms with Crippen molar-refractivity contribution >= 4 is 0 Å². The van der Waals surface area contributed by atoms with Crippen LogP contribution in [0.1, 0.15) is 26.7 Å². The van der Waals surface area contributed by atoms with E-state index in [-0.39, 0.29) is 5.92 Å². The summed E-state index contributed by atoms with van der Waals surface area (Å²) in [6.45, 7) is 6.37. The Morgan fingerprint density at radius 3 is 2.69 bits per heavy atom. The summed E-state index contributed by atoms with van der Waals surface area (Å²) in [7, 11) is 0. The maximum absolute atomic E-state index is 8.99. The van der Waals surface area contributed by atoms with Gasteiger partial charge in [-0.1, -0.05) is 26.0 Å². The molecule has 1 aliphatic carbocycles. The molecule has 2 unspecified atom stereocenters.